The molecule has 0 fully saturated rings. The molecule has 33 heavy (non-hydrogen) atoms. The number of benzene rings is 3. The highest BCUT2D eigenvalue weighted by atomic mass is 19.1. The monoisotopic (exact) mass is 451 g/mol. The number of rotatable bonds is 7. The zero-order valence-corrected chi connectivity index (χ0v) is 18.8. The Labute approximate surface area is 192 Å². The number of fused-ring (bicyclic) bond motifs is 1. The standard InChI is InChI=1S/C26H26FNO5/c1-30-20-7-9-21(10-8-20)33-16-23-22-15-25(32-3)24(31-2)14-17(22)11-12-28(23)26(29)18-5-4-6-19(27)13-18/h4-10,13-15,23H,11-12,16H2,1-3H3/t23-/m1/s1. The molecule has 0 radical (unpaired) electrons. The fourth-order valence-corrected chi connectivity index (χ4v) is 4.09. The van der Waals surface area contributed by atoms with E-state index in [1.807, 2.05) is 36.4 Å². The molecule has 3 aromatic rings. The van der Waals surface area contributed by atoms with E-state index in [-0.39, 0.29) is 12.5 Å². The lowest BCUT2D eigenvalue weighted by Gasteiger charge is -2.37. The molecule has 0 aliphatic carbocycles. The van der Waals surface area contributed by atoms with Gasteiger partial charge in [-0.15, -0.1) is 0 Å². The van der Waals surface area contributed by atoms with Crippen LogP contribution in [-0.2, 0) is 6.42 Å². The van der Waals surface area contributed by atoms with Crippen LogP contribution < -0.4 is 18.9 Å². The number of amides is 1. The Morgan fingerprint density at radius 1 is 0.939 bits per heavy atom. The Morgan fingerprint density at radius 2 is 1.64 bits per heavy atom. The molecule has 7 heteroatoms. The van der Waals surface area contributed by atoms with Gasteiger partial charge in [-0.05, 0) is 72.1 Å². The van der Waals surface area contributed by atoms with Gasteiger partial charge < -0.3 is 23.8 Å². The molecular weight excluding hydrogens is 425 g/mol. The topological polar surface area (TPSA) is 57.2 Å². The maximum absolute atomic E-state index is 13.8. The van der Waals surface area contributed by atoms with Crippen molar-refractivity contribution in [1.29, 1.82) is 0 Å². The van der Waals surface area contributed by atoms with Crippen molar-refractivity contribution in [1.82, 2.24) is 4.90 Å². The summed E-state index contributed by atoms with van der Waals surface area (Å²) in [7, 11) is 4.77. The molecule has 1 aliphatic heterocycles. The highest BCUT2D eigenvalue weighted by Gasteiger charge is 2.33. The molecule has 1 aliphatic rings. The van der Waals surface area contributed by atoms with Gasteiger partial charge in [-0.25, -0.2) is 4.39 Å². The van der Waals surface area contributed by atoms with E-state index >= 15 is 0 Å². The third-order valence-corrected chi connectivity index (χ3v) is 5.80. The van der Waals surface area contributed by atoms with Crippen molar-refractivity contribution >= 4 is 5.91 Å². The predicted octanol–water partition coefficient (Wildman–Crippen LogP) is 4.67. The second kappa shape index (κ2) is 9.81. The van der Waals surface area contributed by atoms with E-state index in [2.05, 4.69) is 0 Å². The number of methoxy groups -OCH3 is 3. The molecule has 0 N–H and O–H groups in total. The van der Waals surface area contributed by atoms with E-state index < -0.39 is 11.9 Å². The lowest BCUT2D eigenvalue weighted by molar-refractivity contribution is 0.0589. The van der Waals surface area contributed by atoms with Crippen molar-refractivity contribution in [3.8, 4) is 23.0 Å². The van der Waals surface area contributed by atoms with Gasteiger partial charge in [0.15, 0.2) is 11.5 Å². The minimum absolute atomic E-state index is 0.218. The molecule has 1 heterocycles. The number of nitrogens with zero attached hydrogens (tertiary/aromatic N) is 1. The second-order valence-corrected chi connectivity index (χ2v) is 7.67. The van der Waals surface area contributed by atoms with Gasteiger partial charge >= 0.3 is 0 Å². The third-order valence-electron chi connectivity index (χ3n) is 5.80. The Kier molecular flexibility index (Phi) is 6.68. The van der Waals surface area contributed by atoms with Crippen molar-refractivity contribution in [2.24, 2.45) is 0 Å². The zero-order chi connectivity index (χ0) is 23.4. The molecule has 0 saturated carbocycles. The van der Waals surface area contributed by atoms with Crippen LogP contribution in [0.1, 0.15) is 27.5 Å². The number of halogens is 1. The van der Waals surface area contributed by atoms with E-state index in [1.165, 1.54) is 18.2 Å². The Bertz CT molecular complexity index is 1130. The lowest BCUT2D eigenvalue weighted by Crippen LogP contribution is -2.42. The molecule has 172 valence electrons. The molecule has 1 atom stereocenters. The van der Waals surface area contributed by atoms with Crippen LogP contribution in [0.25, 0.3) is 0 Å². The number of ether oxygens (including phenoxy) is 4. The largest absolute Gasteiger partial charge is 0.497 e. The molecule has 6 nitrogen and oxygen atoms in total. The fraction of sp³-hybridized carbons (Fsp3) is 0.269. The first-order valence-electron chi connectivity index (χ1n) is 10.6. The van der Waals surface area contributed by atoms with Crippen LogP contribution in [0.15, 0.2) is 60.7 Å². The Balaban J connectivity index is 1.69. The molecule has 0 aromatic heterocycles. The summed E-state index contributed by atoms with van der Waals surface area (Å²) in [6.07, 6.45) is 0.635. The Hall–Kier alpha value is -3.74. The van der Waals surface area contributed by atoms with Crippen molar-refractivity contribution in [3.63, 3.8) is 0 Å². The van der Waals surface area contributed by atoms with Gasteiger partial charge in [-0.3, -0.25) is 4.79 Å². The summed E-state index contributed by atoms with van der Waals surface area (Å²) in [4.78, 5) is 15.1. The summed E-state index contributed by atoms with van der Waals surface area (Å²) in [5, 5.41) is 0. The minimum Gasteiger partial charge on any atom is -0.497 e. The predicted molar refractivity (Wildman–Crippen MR) is 122 cm³/mol. The van der Waals surface area contributed by atoms with Crippen LogP contribution in [-0.4, -0.2) is 45.3 Å². The molecule has 0 unspecified atom stereocenters. The molecule has 1 amide bonds. The van der Waals surface area contributed by atoms with Gasteiger partial charge in [0.05, 0.1) is 27.4 Å². The van der Waals surface area contributed by atoms with Crippen molar-refractivity contribution in [3.05, 3.63) is 83.2 Å². The van der Waals surface area contributed by atoms with Crippen molar-refractivity contribution < 1.29 is 28.1 Å². The summed E-state index contributed by atoms with van der Waals surface area (Å²) >= 11 is 0. The minimum atomic E-state index is -0.448. The normalized spacial score (nSPS) is 14.9. The van der Waals surface area contributed by atoms with Gasteiger partial charge in [0.1, 0.15) is 23.9 Å². The van der Waals surface area contributed by atoms with E-state index in [9.17, 15) is 9.18 Å². The molecule has 0 saturated heterocycles. The average molecular weight is 451 g/mol. The van der Waals surface area contributed by atoms with E-state index in [0.29, 0.717) is 35.8 Å². The second-order valence-electron chi connectivity index (χ2n) is 7.67. The van der Waals surface area contributed by atoms with E-state index in [1.54, 1.807) is 32.3 Å². The average Bonchev–Trinajstić information content (AvgIpc) is 2.86. The highest BCUT2D eigenvalue weighted by Crippen LogP contribution is 2.39. The third kappa shape index (κ3) is 4.72. The van der Waals surface area contributed by atoms with Crippen LogP contribution in [0.4, 0.5) is 4.39 Å². The molecule has 4 rings (SSSR count). The maximum Gasteiger partial charge on any atom is 0.254 e. The highest BCUT2D eigenvalue weighted by molar-refractivity contribution is 5.94. The van der Waals surface area contributed by atoms with Crippen LogP contribution in [0, 0.1) is 5.82 Å². The quantitative estimate of drug-likeness (QED) is 0.523. The smallest absolute Gasteiger partial charge is 0.254 e. The SMILES string of the molecule is COc1ccc(OC[C@@H]2c3cc(OC)c(OC)cc3CCN2C(=O)c2cccc(F)c2)cc1. The van der Waals surface area contributed by atoms with Crippen molar-refractivity contribution in [2.75, 3.05) is 34.5 Å². The van der Waals surface area contributed by atoms with E-state index in [4.69, 9.17) is 18.9 Å². The Morgan fingerprint density at radius 3 is 2.30 bits per heavy atom. The summed E-state index contributed by atoms with van der Waals surface area (Å²) in [5.74, 6) is 1.89. The lowest BCUT2D eigenvalue weighted by atomic mass is 9.91. The fourth-order valence-electron chi connectivity index (χ4n) is 4.09. The van der Waals surface area contributed by atoms with Gasteiger partial charge in [0.2, 0.25) is 0 Å². The summed E-state index contributed by atoms with van der Waals surface area (Å²) in [5.41, 5.74) is 2.27. The molecule has 0 spiro atoms. The van der Waals surface area contributed by atoms with E-state index in [0.717, 1.165) is 16.9 Å². The summed E-state index contributed by atoms with van der Waals surface area (Å²) in [6, 6.07) is 16.4. The number of hydrogen-bond acceptors (Lipinski definition) is 5. The number of carbonyl (C=O) groups is 1. The summed E-state index contributed by atoms with van der Waals surface area (Å²) in [6.45, 7) is 0.685. The van der Waals surface area contributed by atoms with Crippen LogP contribution in [0.3, 0.4) is 0 Å². The molecule has 3 aromatic carbocycles. The van der Waals surface area contributed by atoms with Gasteiger partial charge in [-0.2, -0.15) is 0 Å². The first-order chi connectivity index (χ1) is 16.0. The van der Waals surface area contributed by atoms with Gasteiger partial charge in [-0.1, -0.05) is 6.07 Å². The van der Waals surface area contributed by atoms with Gasteiger partial charge in [0, 0.05) is 12.1 Å². The number of hydrogen-bond donors (Lipinski definition) is 0. The van der Waals surface area contributed by atoms with Crippen molar-refractivity contribution in [2.45, 2.75) is 12.5 Å². The van der Waals surface area contributed by atoms with Crippen LogP contribution in [0.2, 0.25) is 0 Å². The first-order valence-corrected chi connectivity index (χ1v) is 10.6. The van der Waals surface area contributed by atoms with Crippen LogP contribution in [0.5, 0.6) is 23.0 Å². The first kappa shape index (κ1) is 22.5. The molecular formula is C26H26FNO5. The van der Waals surface area contributed by atoms with Gasteiger partial charge in [0.25, 0.3) is 5.91 Å². The number of carbonyl (C=O) groups excluding carboxylic acids is 1. The van der Waals surface area contributed by atoms with Crippen LogP contribution >= 0.6 is 0 Å². The maximum atomic E-state index is 13.8. The summed E-state index contributed by atoms with van der Waals surface area (Å²) < 4.78 is 36.0. The molecule has 0 bridgehead atoms. The zero-order valence-electron chi connectivity index (χ0n) is 18.8.